The normalized spacial score (nSPS) is 10.6. The second kappa shape index (κ2) is 7.62. The first-order chi connectivity index (χ1) is 9.29. The lowest BCUT2D eigenvalue weighted by Gasteiger charge is -2.05. The van der Waals surface area contributed by atoms with Crippen LogP contribution in [0.4, 0.5) is 0 Å². The third-order valence-electron chi connectivity index (χ3n) is 2.48. The Hall–Kier alpha value is -0.910. The summed E-state index contributed by atoms with van der Waals surface area (Å²) in [6.07, 6.45) is 4.85. The number of hydrogen-bond donors (Lipinski definition) is 1. The van der Waals surface area contributed by atoms with Crippen LogP contribution >= 0.6 is 27.7 Å². The van der Waals surface area contributed by atoms with Crippen LogP contribution in [0.3, 0.4) is 0 Å². The first-order valence-electron chi connectivity index (χ1n) is 6.23. The van der Waals surface area contributed by atoms with Gasteiger partial charge in [0, 0.05) is 18.9 Å². The summed E-state index contributed by atoms with van der Waals surface area (Å²) in [4.78, 5) is 8.78. The molecule has 0 aliphatic heterocycles. The fourth-order valence-corrected chi connectivity index (χ4v) is 2.75. The second-order valence-corrected chi connectivity index (χ2v) is 5.94. The molecule has 1 N–H and O–H groups in total. The number of nitrogens with one attached hydrogen (secondary N) is 1. The molecule has 19 heavy (non-hydrogen) atoms. The van der Waals surface area contributed by atoms with Gasteiger partial charge in [-0.05, 0) is 64.4 Å². The van der Waals surface area contributed by atoms with Crippen molar-refractivity contribution in [2.45, 2.75) is 29.9 Å². The van der Waals surface area contributed by atoms with Crippen LogP contribution in [-0.2, 0) is 6.54 Å². The topological polar surface area (TPSA) is 37.8 Å². The molecule has 5 heteroatoms. The molecular formula is C14H16BrN3S. The van der Waals surface area contributed by atoms with E-state index in [1.165, 1.54) is 5.56 Å². The van der Waals surface area contributed by atoms with E-state index in [9.17, 15) is 0 Å². The molecule has 0 bridgehead atoms. The van der Waals surface area contributed by atoms with Gasteiger partial charge in [-0.1, -0.05) is 13.0 Å². The Morgan fingerprint density at radius 2 is 2.16 bits per heavy atom. The van der Waals surface area contributed by atoms with E-state index in [1.54, 1.807) is 18.0 Å². The smallest absolute Gasteiger partial charge is 0.116 e. The Kier molecular flexibility index (Phi) is 5.82. The van der Waals surface area contributed by atoms with E-state index in [-0.39, 0.29) is 0 Å². The van der Waals surface area contributed by atoms with Gasteiger partial charge in [-0.25, -0.2) is 9.97 Å². The molecular weight excluding hydrogens is 322 g/mol. The van der Waals surface area contributed by atoms with Crippen molar-refractivity contribution in [3.63, 3.8) is 0 Å². The summed E-state index contributed by atoms with van der Waals surface area (Å²) in [6.45, 7) is 4.08. The van der Waals surface area contributed by atoms with Crippen LogP contribution in [-0.4, -0.2) is 16.5 Å². The van der Waals surface area contributed by atoms with Gasteiger partial charge in [0.1, 0.15) is 10.1 Å². The molecule has 0 amide bonds. The molecule has 100 valence electrons. The summed E-state index contributed by atoms with van der Waals surface area (Å²) in [5.74, 6) is 0. The molecule has 0 radical (unpaired) electrons. The Labute approximate surface area is 126 Å². The van der Waals surface area contributed by atoms with Gasteiger partial charge in [-0.3, -0.25) is 0 Å². The third kappa shape index (κ3) is 4.60. The van der Waals surface area contributed by atoms with Gasteiger partial charge in [-0.15, -0.1) is 0 Å². The minimum Gasteiger partial charge on any atom is -0.313 e. The lowest BCUT2D eigenvalue weighted by Crippen LogP contribution is -2.13. The van der Waals surface area contributed by atoms with Crippen LogP contribution in [0, 0.1) is 0 Å². The van der Waals surface area contributed by atoms with Gasteiger partial charge >= 0.3 is 0 Å². The van der Waals surface area contributed by atoms with E-state index in [1.807, 2.05) is 24.4 Å². The summed E-state index contributed by atoms with van der Waals surface area (Å²) in [5, 5.41) is 5.26. The van der Waals surface area contributed by atoms with Crippen molar-refractivity contribution in [2.75, 3.05) is 6.54 Å². The number of pyridine rings is 2. The predicted molar refractivity (Wildman–Crippen MR) is 82.3 cm³/mol. The fraction of sp³-hybridized carbons (Fsp3) is 0.286. The zero-order valence-electron chi connectivity index (χ0n) is 10.8. The second-order valence-electron chi connectivity index (χ2n) is 4.07. The monoisotopic (exact) mass is 337 g/mol. The van der Waals surface area contributed by atoms with Gasteiger partial charge in [0.15, 0.2) is 0 Å². The molecule has 0 spiro atoms. The summed E-state index contributed by atoms with van der Waals surface area (Å²) >= 11 is 5.05. The van der Waals surface area contributed by atoms with E-state index < -0.39 is 0 Å². The van der Waals surface area contributed by atoms with Crippen molar-refractivity contribution in [2.24, 2.45) is 0 Å². The van der Waals surface area contributed by atoms with E-state index >= 15 is 0 Å². The standard InChI is InChI=1S/C14H16BrN3S/c1-2-7-16-9-11-5-6-13(18-10-11)19-14-12(15)4-3-8-17-14/h3-6,8,10,16H,2,7,9H2,1H3. The summed E-state index contributed by atoms with van der Waals surface area (Å²) in [7, 11) is 0. The molecule has 0 atom stereocenters. The maximum atomic E-state index is 4.46. The molecule has 2 aromatic heterocycles. The quantitative estimate of drug-likeness (QED) is 0.811. The van der Waals surface area contributed by atoms with E-state index in [4.69, 9.17) is 0 Å². The van der Waals surface area contributed by atoms with Crippen LogP contribution in [0.25, 0.3) is 0 Å². The Morgan fingerprint density at radius 3 is 2.84 bits per heavy atom. The third-order valence-corrected chi connectivity index (χ3v) is 4.35. The van der Waals surface area contributed by atoms with Crippen LogP contribution in [0.2, 0.25) is 0 Å². The summed E-state index contributed by atoms with van der Waals surface area (Å²) in [5.41, 5.74) is 1.21. The van der Waals surface area contributed by atoms with Crippen LogP contribution in [0.15, 0.2) is 51.2 Å². The van der Waals surface area contributed by atoms with Crippen molar-refractivity contribution in [3.8, 4) is 0 Å². The Balaban J connectivity index is 1.97. The highest BCUT2D eigenvalue weighted by Gasteiger charge is 2.04. The average molecular weight is 338 g/mol. The molecule has 0 aromatic carbocycles. The molecule has 0 fully saturated rings. The lowest BCUT2D eigenvalue weighted by molar-refractivity contribution is 0.673. The highest BCUT2D eigenvalue weighted by atomic mass is 79.9. The van der Waals surface area contributed by atoms with Gasteiger partial charge in [0.25, 0.3) is 0 Å². The Morgan fingerprint density at radius 1 is 1.26 bits per heavy atom. The van der Waals surface area contributed by atoms with Crippen molar-refractivity contribution < 1.29 is 0 Å². The SMILES string of the molecule is CCCNCc1ccc(Sc2ncccc2Br)nc1. The first kappa shape index (κ1) is 14.5. The summed E-state index contributed by atoms with van der Waals surface area (Å²) in [6, 6.07) is 8.03. The van der Waals surface area contributed by atoms with Crippen LogP contribution < -0.4 is 5.32 Å². The van der Waals surface area contributed by atoms with Crippen molar-refractivity contribution in [1.82, 2.24) is 15.3 Å². The van der Waals surface area contributed by atoms with Crippen molar-refractivity contribution in [1.29, 1.82) is 0 Å². The van der Waals surface area contributed by atoms with E-state index in [0.29, 0.717) is 0 Å². The number of nitrogens with zero attached hydrogens (tertiary/aromatic N) is 2. The van der Waals surface area contributed by atoms with Gasteiger partial charge < -0.3 is 5.32 Å². The molecule has 3 nitrogen and oxygen atoms in total. The molecule has 2 heterocycles. The number of rotatable bonds is 6. The van der Waals surface area contributed by atoms with Gasteiger partial charge in [0.05, 0.1) is 4.47 Å². The number of aromatic nitrogens is 2. The maximum absolute atomic E-state index is 4.46. The van der Waals surface area contributed by atoms with Crippen molar-refractivity contribution in [3.05, 3.63) is 46.7 Å². The zero-order valence-corrected chi connectivity index (χ0v) is 13.2. The molecule has 0 unspecified atom stereocenters. The molecule has 0 saturated heterocycles. The van der Waals surface area contributed by atoms with Crippen LogP contribution in [0.5, 0.6) is 0 Å². The fourth-order valence-electron chi connectivity index (χ4n) is 1.53. The highest BCUT2D eigenvalue weighted by molar-refractivity contribution is 9.10. The molecule has 0 aliphatic rings. The predicted octanol–water partition coefficient (Wildman–Crippen LogP) is 3.89. The van der Waals surface area contributed by atoms with E-state index in [0.717, 1.165) is 34.0 Å². The minimum atomic E-state index is 0.874. The van der Waals surface area contributed by atoms with Crippen molar-refractivity contribution >= 4 is 27.7 Å². The van der Waals surface area contributed by atoms with Crippen LogP contribution in [0.1, 0.15) is 18.9 Å². The molecule has 2 aromatic rings. The summed E-state index contributed by atoms with van der Waals surface area (Å²) < 4.78 is 0.996. The first-order valence-corrected chi connectivity index (χ1v) is 7.84. The Bertz CT molecular complexity index is 516. The number of hydrogen-bond acceptors (Lipinski definition) is 4. The molecule has 2 rings (SSSR count). The maximum Gasteiger partial charge on any atom is 0.116 e. The average Bonchev–Trinajstić information content (AvgIpc) is 2.44. The highest BCUT2D eigenvalue weighted by Crippen LogP contribution is 2.29. The van der Waals surface area contributed by atoms with Gasteiger partial charge in [-0.2, -0.15) is 0 Å². The zero-order chi connectivity index (χ0) is 13.5. The lowest BCUT2D eigenvalue weighted by atomic mass is 10.3. The largest absolute Gasteiger partial charge is 0.313 e. The van der Waals surface area contributed by atoms with Gasteiger partial charge in [0.2, 0.25) is 0 Å². The van der Waals surface area contributed by atoms with E-state index in [2.05, 4.69) is 44.2 Å². The molecule has 0 saturated carbocycles. The number of halogens is 1. The minimum absolute atomic E-state index is 0.874. The molecule has 0 aliphatic carbocycles.